The van der Waals surface area contributed by atoms with Crippen LogP contribution in [0.1, 0.15) is 23.9 Å². The van der Waals surface area contributed by atoms with Crippen molar-refractivity contribution in [3.8, 4) is 0 Å². The van der Waals surface area contributed by atoms with E-state index in [2.05, 4.69) is 27.4 Å². The van der Waals surface area contributed by atoms with E-state index in [1.807, 2.05) is 20.8 Å². The summed E-state index contributed by atoms with van der Waals surface area (Å²) in [6.07, 6.45) is 0. The monoisotopic (exact) mass is 435 g/mol. The van der Waals surface area contributed by atoms with Crippen molar-refractivity contribution in [2.45, 2.75) is 27.3 Å². The van der Waals surface area contributed by atoms with Crippen molar-refractivity contribution < 1.29 is 9.32 Å². The van der Waals surface area contributed by atoms with E-state index in [0.717, 1.165) is 22.6 Å². The fourth-order valence-corrected chi connectivity index (χ4v) is 1.61. The molecule has 8 heteroatoms. The molecule has 0 bridgehead atoms. The number of nitrogens with one attached hydrogen (secondary N) is 2. The molecule has 2 N–H and O–H groups in total. The van der Waals surface area contributed by atoms with Crippen LogP contribution >= 0.6 is 24.0 Å². The predicted octanol–water partition coefficient (Wildman–Crippen LogP) is 1.61. The summed E-state index contributed by atoms with van der Waals surface area (Å²) in [7, 11) is 3.43. The van der Waals surface area contributed by atoms with Gasteiger partial charge in [-0.15, -0.1) is 24.0 Å². The number of rotatable bonds is 6. The fourth-order valence-electron chi connectivity index (χ4n) is 1.61. The van der Waals surface area contributed by atoms with Gasteiger partial charge < -0.3 is 20.1 Å². The molecule has 0 spiro atoms. The SMILES string of the molecule is C=C(C)CNC(=NCc1c(C)noc1C)NCC(=O)N(C)C.I. The Morgan fingerprint density at radius 3 is 2.39 bits per heavy atom. The first-order chi connectivity index (χ1) is 10.3. The highest BCUT2D eigenvalue weighted by molar-refractivity contribution is 14.0. The van der Waals surface area contributed by atoms with Crippen LogP contribution in [0.5, 0.6) is 0 Å². The first-order valence-corrected chi connectivity index (χ1v) is 7.09. The smallest absolute Gasteiger partial charge is 0.241 e. The number of likely N-dealkylation sites (N-methyl/N-ethyl adjacent to an activating group) is 1. The normalized spacial score (nSPS) is 10.7. The topological polar surface area (TPSA) is 82.8 Å². The first-order valence-electron chi connectivity index (χ1n) is 7.09. The summed E-state index contributed by atoms with van der Waals surface area (Å²) in [5, 5.41) is 10.1. The van der Waals surface area contributed by atoms with Gasteiger partial charge in [0.15, 0.2) is 5.96 Å². The Balaban J connectivity index is 0.00000484. The lowest BCUT2D eigenvalue weighted by Crippen LogP contribution is -2.43. The molecule has 130 valence electrons. The van der Waals surface area contributed by atoms with Crippen LogP contribution in [0.4, 0.5) is 0 Å². The molecule has 0 atom stereocenters. The molecular formula is C15H26IN5O2. The van der Waals surface area contributed by atoms with Crippen LogP contribution in [0.2, 0.25) is 0 Å². The summed E-state index contributed by atoms with van der Waals surface area (Å²) in [6, 6.07) is 0. The van der Waals surface area contributed by atoms with E-state index in [0.29, 0.717) is 19.0 Å². The van der Waals surface area contributed by atoms with Gasteiger partial charge in [-0.1, -0.05) is 17.3 Å². The molecule has 1 amide bonds. The molecule has 1 rings (SSSR count). The van der Waals surface area contributed by atoms with E-state index < -0.39 is 0 Å². The minimum Gasteiger partial charge on any atom is -0.361 e. The maximum absolute atomic E-state index is 11.7. The number of halogens is 1. The van der Waals surface area contributed by atoms with Gasteiger partial charge >= 0.3 is 0 Å². The van der Waals surface area contributed by atoms with Crippen molar-refractivity contribution in [1.82, 2.24) is 20.7 Å². The first kappa shape index (κ1) is 21.4. The molecule has 1 aromatic heterocycles. The number of amides is 1. The molecule has 0 aliphatic rings. The summed E-state index contributed by atoms with van der Waals surface area (Å²) in [6.45, 7) is 10.7. The summed E-state index contributed by atoms with van der Waals surface area (Å²) in [4.78, 5) is 17.7. The van der Waals surface area contributed by atoms with Crippen LogP contribution in [0.15, 0.2) is 21.7 Å². The lowest BCUT2D eigenvalue weighted by Gasteiger charge is -2.15. The minimum absolute atomic E-state index is 0. The van der Waals surface area contributed by atoms with Crippen molar-refractivity contribution in [3.05, 3.63) is 29.2 Å². The molecule has 0 saturated heterocycles. The number of carbonyl (C=O) groups is 1. The van der Waals surface area contributed by atoms with Gasteiger partial charge in [-0.25, -0.2) is 4.99 Å². The number of nitrogens with zero attached hydrogens (tertiary/aromatic N) is 3. The van der Waals surface area contributed by atoms with E-state index in [4.69, 9.17) is 4.52 Å². The zero-order valence-electron chi connectivity index (χ0n) is 14.4. The highest BCUT2D eigenvalue weighted by Crippen LogP contribution is 2.12. The molecule has 0 aliphatic heterocycles. The quantitative estimate of drug-likeness (QED) is 0.307. The second-order valence-corrected chi connectivity index (χ2v) is 5.42. The van der Waals surface area contributed by atoms with E-state index in [1.165, 1.54) is 4.90 Å². The van der Waals surface area contributed by atoms with Crippen LogP contribution in [0.25, 0.3) is 0 Å². The van der Waals surface area contributed by atoms with Gasteiger partial charge in [-0.3, -0.25) is 4.79 Å². The summed E-state index contributed by atoms with van der Waals surface area (Å²) in [5.74, 6) is 1.28. The summed E-state index contributed by atoms with van der Waals surface area (Å²) >= 11 is 0. The molecule has 1 aromatic rings. The number of aryl methyl sites for hydroxylation is 2. The highest BCUT2D eigenvalue weighted by atomic mass is 127. The third kappa shape index (κ3) is 7.49. The molecule has 0 fully saturated rings. The van der Waals surface area contributed by atoms with Gasteiger partial charge in [-0.05, 0) is 20.8 Å². The molecule has 0 saturated carbocycles. The molecule has 23 heavy (non-hydrogen) atoms. The zero-order valence-corrected chi connectivity index (χ0v) is 16.7. The van der Waals surface area contributed by atoms with Gasteiger partial charge in [0.25, 0.3) is 0 Å². The molecule has 0 radical (unpaired) electrons. The standard InChI is InChI=1S/C15H25N5O2.HI/c1-10(2)7-16-15(18-9-14(21)20(5)6)17-8-13-11(3)19-22-12(13)4;/h1,7-9H2,2-6H3,(H2,16,17,18);1H. The van der Waals surface area contributed by atoms with E-state index in [1.54, 1.807) is 14.1 Å². The van der Waals surface area contributed by atoms with Crippen LogP contribution in [-0.2, 0) is 11.3 Å². The number of hydrogen-bond acceptors (Lipinski definition) is 4. The van der Waals surface area contributed by atoms with Crippen LogP contribution in [-0.4, -0.2) is 49.1 Å². The minimum atomic E-state index is -0.0258. The Morgan fingerprint density at radius 1 is 1.30 bits per heavy atom. The predicted molar refractivity (Wildman–Crippen MR) is 102 cm³/mol. The van der Waals surface area contributed by atoms with Gasteiger partial charge in [0, 0.05) is 26.2 Å². The molecule has 0 aliphatic carbocycles. The zero-order chi connectivity index (χ0) is 16.7. The van der Waals surface area contributed by atoms with Crippen LogP contribution in [0, 0.1) is 13.8 Å². The van der Waals surface area contributed by atoms with Crippen LogP contribution in [0.3, 0.4) is 0 Å². The largest absolute Gasteiger partial charge is 0.361 e. The average Bonchev–Trinajstić information content (AvgIpc) is 2.76. The second-order valence-electron chi connectivity index (χ2n) is 5.42. The maximum atomic E-state index is 11.7. The third-order valence-electron chi connectivity index (χ3n) is 3.04. The van der Waals surface area contributed by atoms with Crippen molar-refractivity contribution >= 4 is 35.8 Å². The third-order valence-corrected chi connectivity index (χ3v) is 3.04. The summed E-state index contributed by atoms with van der Waals surface area (Å²) < 4.78 is 5.12. The lowest BCUT2D eigenvalue weighted by molar-refractivity contribution is -0.127. The van der Waals surface area contributed by atoms with E-state index in [-0.39, 0.29) is 36.4 Å². The Kier molecular flexibility index (Phi) is 9.54. The van der Waals surface area contributed by atoms with E-state index in [9.17, 15) is 4.79 Å². The Bertz CT molecular complexity index is 547. The molecule has 1 heterocycles. The molecule has 7 nitrogen and oxygen atoms in total. The van der Waals surface area contributed by atoms with Crippen molar-refractivity contribution in [2.24, 2.45) is 4.99 Å². The number of aliphatic imine (C=N–C) groups is 1. The Labute approximate surface area is 154 Å². The fraction of sp³-hybridized carbons (Fsp3) is 0.533. The average molecular weight is 435 g/mol. The molecule has 0 unspecified atom stereocenters. The van der Waals surface area contributed by atoms with E-state index >= 15 is 0 Å². The van der Waals surface area contributed by atoms with Crippen molar-refractivity contribution in [1.29, 1.82) is 0 Å². The van der Waals surface area contributed by atoms with Crippen molar-refractivity contribution in [2.75, 3.05) is 27.2 Å². The van der Waals surface area contributed by atoms with Gasteiger partial charge in [0.05, 0.1) is 18.8 Å². The number of carbonyl (C=O) groups excluding carboxylic acids is 1. The summed E-state index contributed by atoms with van der Waals surface area (Å²) in [5.41, 5.74) is 2.76. The second kappa shape index (κ2) is 10.2. The number of guanidine groups is 1. The maximum Gasteiger partial charge on any atom is 0.241 e. The van der Waals surface area contributed by atoms with Crippen molar-refractivity contribution in [3.63, 3.8) is 0 Å². The molecular weight excluding hydrogens is 409 g/mol. The number of hydrogen-bond donors (Lipinski definition) is 2. The highest BCUT2D eigenvalue weighted by Gasteiger charge is 2.10. The van der Waals surface area contributed by atoms with Crippen LogP contribution < -0.4 is 10.6 Å². The van der Waals surface area contributed by atoms with Gasteiger partial charge in [0.2, 0.25) is 5.91 Å². The van der Waals surface area contributed by atoms with Gasteiger partial charge in [0.1, 0.15) is 5.76 Å². The number of aromatic nitrogens is 1. The Morgan fingerprint density at radius 2 is 1.91 bits per heavy atom. The Hall–Kier alpha value is -1.58. The molecule has 0 aromatic carbocycles. The lowest BCUT2D eigenvalue weighted by atomic mass is 10.2. The van der Waals surface area contributed by atoms with Gasteiger partial charge in [-0.2, -0.15) is 0 Å².